The summed E-state index contributed by atoms with van der Waals surface area (Å²) in [5.41, 5.74) is 7.58. The van der Waals surface area contributed by atoms with E-state index in [1.165, 1.54) is 25.0 Å². The highest BCUT2D eigenvalue weighted by atomic mass is 35.5. The number of rotatable bonds is 4. The molecule has 1 saturated heterocycles. The lowest BCUT2D eigenvalue weighted by atomic mass is 9.99. The molecular formula is C15H24Cl2N2O. The first-order chi connectivity index (χ1) is 8.72. The van der Waals surface area contributed by atoms with E-state index in [4.69, 9.17) is 10.2 Å². The molecule has 1 aromatic rings. The van der Waals surface area contributed by atoms with Crippen LogP contribution in [0.1, 0.15) is 25.5 Å². The predicted molar refractivity (Wildman–Crippen MR) is 87.5 cm³/mol. The molecule has 3 rings (SSSR count). The molecule has 0 radical (unpaired) electrons. The van der Waals surface area contributed by atoms with Gasteiger partial charge in [-0.15, -0.1) is 24.8 Å². The Morgan fingerprint density at radius 3 is 2.75 bits per heavy atom. The van der Waals surface area contributed by atoms with Gasteiger partial charge in [-0.2, -0.15) is 0 Å². The minimum Gasteiger partial charge on any atom is -0.465 e. The molecule has 1 aromatic heterocycles. The van der Waals surface area contributed by atoms with E-state index in [9.17, 15) is 0 Å². The molecule has 3 nitrogen and oxygen atoms in total. The van der Waals surface area contributed by atoms with Crippen LogP contribution in [0.2, 0.25) is 0 Å². The van der Waals surface area contributed by atoms with Crippen LogP contribution in [0.25, 0.3) is 6.08 Å². The molecule has 1 aliphatic heterocycles. The topological polar surface area (TPSA) is 42.4 Å². The average molecular weight is 319 g/mol. The van der Waals surface area contributed by atoms with Crippen molar-refractivity contribution in [2.24, 2.45) is 17.6 Å². The minimum atomic E-state index is 0. The van der Waals surface area contributed by atoms with Crippen molar-refractivity contribution >= 4 is 30.9 Å². The third-order valence-electron chi connectivity index (χ3n) is 4.12. The van der Waals surface area contributed by atoms with Crippen LogP contribution in [-0.2, 0) is 0 Å². The highest BCUT2D eigenvalue weighted by Crippen LogP contribution is 2.40. The van der Waals surface area contributed by atoms with Crippen molar-refractivity contribution in [1.29, 1.82) is 0 Å². The number of nitrogens with two attached hydrogens (primary N) is 1. The lowest BCUT2D eigenvalue weighted by Crippen LogP contribution is -2.30. The van der Waals surface area contributed by atoms with Gasteiger partial charge in [-0.3, -0.25) is 4.90 Å². The SMILES string of the molecule is C/C(=C\c1ccco1)CN1C[C@H](C2CC2)[C@@H](N)C1.Cl.Cl. The van der Waals surface area contributed by atoms with E-state index in [1.54, 1.807) is 6.26 Å². The molecule has 20 heavy (non-hydrogen) atoms. The summed E-state index contributed by atoms with van der Waals surface area (Å²) < 4.78 is 5.34. The normalized spacial score (nSPS) is 27.0. The van der Waals surface area contributed by atoms with E-state index in [2.05, 4.69) is 17.9 Å². The molecule has 2 fully saturated rings. The van der Waals surface area contributed by atoms with Crippen LogP contribution in [-0.4, -0.2) is 30.6 Å². The second-order valence-corrected chi connectivity index (χ2v) is 5.87. The predicted octanol–water partition coefficient (Wildman–Crippen LogP) is 3.20. The quantitative estimate of drug-likeness (QED) is 0.927. The van der Waals surface area contributed by atoms with Gasteiger partial charge in [-0.05, 0) is 49.8 Å². The molecule has 1 saturated carbocycles. The molecule has 0 aromatic carbocycles. The summed E-state index contributed by atoms with van der Waals surface area (Å²) in [5.74, 6) is 2.59. The molecule has 114 valence electrons. The average Bonchev–Trinajstić information content (AvgIpc) is 2.92. The van der Waals surface area contributed by atoms with Gasteiger partial charge in [0.2, 0.25) is 0 Å². The number of hydrogen-bond acceptors (Lipinski definition) is 3. The Balaban J connectivity index is 0.000001000. The molecule has 5 heteroatoms. The van der Waals surface area contributed by atoms with Crippen molar-refractivity contribution < 1.29 is 4.42 Å². The van der Waals surface area contributed by atoms with Gasteiger partial charge in [0, 0.05) is 25.7 Å². The summed E-state index contributed by atoms with van der Waals surface area (Å²) in [4.78, 5) is 2.49. The summed E-state index contributed by atoms with van der Waals surface area (Å²) in [6.07, 6.45) is 6.63. The molecule has 0 amide bonds. The molecular weight excluding hydrogens is 295 g/mol. The van der Waals surface area contributed by atoms with Gasteiger partial charge in [-0.1, -0.05) is 5.57 Å². The Morgan fingerprint density at radius 1 is 1.40 bits per heavy atom. The van der Waals surface area contributed by atoms with Gasteiger partial charge in [0.15, 0.2) is 0 Å². The van der Waals surface area contributed by atoms with Crippen molar-refractivity contribution in [3.8, 4) is 0 Å². The van der Waals surface area contributed by atoms with Crippen LogP contribution >= 0.6 is 24.8 Å². The lowest BCUT2D eigenvalue weighted by molar-refractivity contribution is 0.342. The number of furan rings is 1. The fourth-order valence-corrected chi connectivity index (χ4v) is 3.11. The Morgan fingerprint density at radius 2 is 2.15 bits per heavy atom. The van der Waals surface area contributed by atoms with Gasteiger partial charge in [0.25, 0.3) is 0 Å². The molecule has 0 unspecified atom stereocenters. The van der Waals surface area contributed by atoms with Gasteiger partial charge < -0.3 is 10.2 Å². The third-order valence-corrected chi connectivity index (χ3v) is 4.12. The van der Waals surface area contributed by atoms with Crippen molar-refractivity contribution in [2.45, 2.75) is 25.8 Å². The summed E-state index contributed by atoms with van der Waals surface area (Å²) in [5, 5.41) is 0. The number of likely N-dealkylation sites (tertiary alicyclic amines) is 1. The summed E-state index contributed by atoms with van der Waals surface area (Å²) >= 11 is 0. The van der Waals surface area contributed by atoms with E-state index in [0.717, 1.165) is 30.7 Å². The van der Waals surface area contributed by atoms with Gasteiger partial charge in [-0.25, -0.2) is 0 Å². The maximum Gasteiger partial charge on any atom is 0.126 e. The van der Waals surface area contributed by atoms with E-state index < -0.39 is 0 Å². The fraction of sp³-hybridized carbons (Fsp3) is 0.600. The molecule has 2 heterocycles. The highest BCUT2D eigenvalue weighted by Gasteiger charge is 2.40. The Bertz CT molecular complexity index is 429. The first-order valence-electron chi connectivity index (χ1n) is 6.91. The molecule has 2 atom stereocenters. The Hall–Kier alpha value is -0.480. The zero-order valence-electron chi connectivity index (χ0n) is 11.8. The van der Waals surface area contributed by atoms with Crippen LogP contribution in [0.3, 0.4) is 0 Å². The van der Waals surface area contributed by atoms with Crippen LogP contribution in [0.4, 0.5) is 0 Å². The van der Waals surface area contributed by atoms with Crippen molar-refractivity contribution in [3.05, 3.63) is 29.7 Å². The van der Waals surface area contributed by atoms with Crippen molar-refractivity contribution in [1.82, 2.24) is 4.90 Å². The van der Waals surface area contributed by atoms with E-state index >= 15 is 0 Å². The van der Waals surface area contributed by atoms with Gasteiger partial charge >= 0.3 is 0 Å². The molecule has 2 aliphatic rings. The minimum absolute atomic E-state index is 0. The van der Waals surface area contributed by atoms with Crippen molar-refractivity contribution in [3.63, 3.8) is 0 Å². The van der Waals surface area contributed by atoms with E-state index in [0.29, 0.717) is 6.04 Å². The van der Waals surface area contributed by atoms with Crippen LogP contribution < -0.4 is 5.73 Å². The fourth-order valence-electron chi connectivity index (χ4n) is 3.11. The standard InChI is InChI=1S/C15H22N2O.2ClH/c1-11(7-13-3-2-6-18-13)8-17-9-14(12-4-5-12)15(16)10-17;;/h2-3,6-7,12,14-15H,4-5,8-10,16H2,1H3;2*1H/b11-7+;;/t14-,15+;;/m1../s1. The van der Waals surface area contributed by atoms with E-state index in [-0.39, 0.29) is 24.8 Å². The second kappa shape index (κ2) is 7.51. The van der Waals surface area contributed by atoms with Crippen LogP contribution in [0.5, 0.6) is 0 Å². The van der Waals surface area contributed by atoms with Crippen molar-refractivity contribution in [2.75, 3.05) is 19.6 Å². The molecule has 0 bridgehead atoms. The zero-order chi connectivity index (χ0) is 12.5. The molecule has 0 spiro atoms. The highest BCUT2D eigenvalue weighted by molar-refractivity contribution is 5.85. The number of nitrogens with zero attached hydrogens (tertiary/aromatic N) is 1. The summed E-state index contributed by atoms with van der Waals surface area (Å²) in [6, 6.07) is 4.30. The maximum atomic E-state index is 6.24. The molecule has 1 aliphatic carbocycles. The Labute approximate surface area is 133 Å². The van der Waals surface area contributed by atoms with Crippen LogP contribution in [0.15, 0.2) is 28.4 Å². The number of hydrogen-bond donors (Lipinski definition) is 1. The summed E-state index contributed by atoms with van der Waals surface area (Å²) in [7, 11) is 0. The molecule has 2 N–H and O–H groups in total. The smallest absolute Gasteiger partial charge is 0.126 e. The lowest BCUT2D eigenvalue weighted by Gasteiger charge is -2.15. The third kappa shape index (κ3) is 4.26. The Kier molecular flexibility index (Phi) is 6.59. The number of halogens is 2. The van der Waals surface area contributed by atoms with Crippen LogP contribution in [0, 0.1) is 11.8 Å². The largest absolute Gasteiger partial charge is 0.465 e. The maximum absolute atomic E-state index is 6.24. The van der Waals surface area contributed by atoms with E-state index in [1.807, 2.05) is 12.1 Å². The van der Waals surface area contributed by atoms with Gasteiger partial charge in [0.1, 0.15) is 5.76 Å². The zero-order valence-corrected chi connectivity index (χ0v) is 13.5. The summed E-state index contributed by atoms with van der Waals surface area (Å²) in [6.45, 7) is 5.40. The second-order valence-electron chi connectivity index (χ2n) is 5.87. The van der Waals surface area contributed by atoms with Gasteiger partial charge in [0.05, 0.1) is 6.26 Å². The monoisotopic (exact) mass is 318 g/mol. The first kappa shape index (κ1) is 17.6. The first-order valence-corrected chi connectivity index (χ1v) is 6.91.